The highest BCUT2D eigenvalue weighted by Gasteiger charge is 2.19. The van der Waals surface area contributed by atoms with Crippen LogP contribution in [0.25, 0.3) is 0 Å². The molecule has 2 heterocycles. The van der Waals surface area contributed by atoms with E-state index in [9.17, 15) is 0 Å². The highest BCUT2D eigenvalue weighted by atomic mass is 15.2. The van der Waals surface area contributed by atoms with Gasteiger partial charge in [0, 0.05) is 49.8 Å². The van der Waals surface area contributed by atoms with Crippen LogP contribution in [-0.4, -0.2) is 37.5 Å². The molecule has 3 rings (SSSR count). The minimum Gasteiger partial charge on any atom is -0.330 e. The van der Waals surface area contributed by atoms with Crippen molar-refractivity contribution in [1.82, 2.24) is 24.4 Å². The highest BCUT2D eigenvalue weighted by molar-refractivity contribution is 5.02. The Morgan fingerprint density at radius 2 is 2.00 bits per heavy atom. The van der Waals surface area contributed by atoms with Crippen LogP contribution in [0.4, 0.5) is 0 Å². The van der Waals surface area contributed by atoms with Crippen LogP contribution in [0.5, 0.6) is 0 Å². The fourth-order valence-corrected chi connectivity index (χ4v) is 3.45. The summed E-state index contributed by atoms with van der Waals surface area (Å²) in [4.78, 5) is 15.3. The van der Waals surface area contributed by atoms with Gasteiger partial charge in [0.05, 0.1) is 17.7 Å². The summed E-state index contributed by atoms with van der Waals surface area (Å²) in [7, 11) is 2.18. The number of rotatable bonds is 6. The van der Waals surface area contributed by atoms with E-state index in [4.69, 9.17) is 0 Å². The number of nitrogens with zero attached hydrogens (tertiary/aromatic N) is 5. The Labute approximate surface area is 138 Å². The zero-order valence-corrected chi connectivity index (χ0v) is 14.2. The van der Waals surface area contributed by atoms with Gasteiger partial charge in [0.2, 0.25) is 0 Å². The third kappa shape index (κ3) is 4.16. The standard InChI is InChI=1S/C18H27N5/c1-15(10-16-11-19-8-9-21-16)22(2)13-18-12-20-14-23(18)17-6-4-3-5-7-17/h8-9,11-12,14-15,17H,3-7,10,13H2,1-2H3. The number of imidazole rings is 1. The average Bonchev–Trinajstić information content (AvgIpc) is 3.04. The first-order chi connectivity index (χ1) is 11.2. The molecular weight excluding hydrogens is 286 g/mol. The van der Waals surface area contributed by atoms with Gasteiger partial charge in [-0.25, -0.2) is 4.98 Å². The second-order valence-electron chi connectivity index (χ2n) is 6.75. The molecule has 0 aromatic carbocycles. The average molecular weight is 313 g/mol. The Morgan fingerprint density at radius 1 is 1.17 bits per heavy atom. The van der Waals surface area contributed by atoms with Crippen molar-refractivity contribution >= 4 is 0 Å². The van der Waals surface area contributed by atoms with E-state index >= 15 is 0 Å². The topological polar surface area (TPSA) is 46.8 Å². The molecule has 1 atom stereocenters. The first kappa shape index (κ1) is 16.1. The van der Waals surface area contributed by atoms with Crippen LogP contribution in [0, 0.1) is 0 Å². The predicted octanol–water partition coefficient (Wildman–Crippen LogP) is 3.24. The summed E-state index contributed by atoms with van der Waals surface area (Å²) < 4.78 is 2.41. The van der Waals surface area contributed by atoms with Crippen LogP contribution >= 0.6 is 0 Å². The minimum absolute atomic E-state index is 0.418. The molecule has 1 saturated carbocycles. The molecule has 23 heavy (non-hydrogen) atoms. The van der Waals surface area contributed by atoms with Gasteiger partial charge >= 0.3 is 0 Å². The van der Waals surface area contributed by atoms with Gasteiger partial charge in [-0.1, -0.05) is 19.3 Å². The summed E-state index contributed by atoms with van der Waals surface area (Å²) in [5.74, 6) is 0. The Bertz CT molecular complexity index is 588. The molecule has 1 fully saturated rings. The molecule has 1 unspecified atom stereocenters. The van der Waals surface area contributed by atoms with Crippen LogP contribution in [0.1, 0.15) is 56.5 Å². The summed E-state index contributed by atoms with van der Waals surface area (Å²) in [6, 6.07) is 1.06. The molecule has 5 nitrogen and oxygen atoms in total. The van der Waals surface area contributed by atoms with E-state index in [2.05, 4.69) is 38.4 Å². The number of hydrogen-bond donors (Lipinski definition) is 0. The third-order valence-electron chi connectivity index (χ3n) is 5.00. The Hall–Kier alpha value is -1.75. The van der Waals surface area contributed by atoms with Crippen molar-refractivity contribution < 1.29 is 0 Å². The number of likely N-dealkylation sites (N-methyl/N-ethyl adjacent to an activating group) is 1. The van der Waals surface area contributed by atoms with E-state index in [0.29, 0.717) is 12.1 Å². The predicted molar refractivity (Wildman–Crippen MR) is 91.0 cm³/mol. The molecular formula is C18H27N5. The SMILES string of the molecule is CC(Cc1cnccn1)N(C)Cc1cncn1C1CCCCC1. The Balaban J connectivity index is 1.61. The van der Waals surface area contributed by atoms with Crippen molar-refractivity contribution in [3.63, 3.8) is 0 Å². The third-order valence-corrected chi connectivity index (χ3v) is 5.00. The summed E-state index contributed by atoms with van der Waals surface area (Å²) >= 11 is 0. The Kier molecular flexibility index (Phi) is 5.39. The molecule has 1 aliphatic rings. The summed E-state index contributed by atoms with van der Waals surface area (Å²) in [5.41, 5.74) is 2.37. The van der Waals surface area contributed by atoms with Gasteiger partial charge in [-0.2, -0.15) is 0 Å². The van der Waals surface area contributed by atoms with E-state index < -0.39 is 0 Å². The van der Waals surface area contributed by atoms with Gasteiger partial charge < -0.3 is 4.57 Å². The highest BCUT2D eigenvalue weighted by Crippen LogP contribution is 2.29. The zero-order valence-electron chi connectivity index (χ0n) is 14.2. The fraction of sp³-hybridized carbons (Fsp3) is 0.611. The zero-order chi connectivity index (χ0) is 16.1. The molecule has 0 spiro atoms. The fourth-order valence-electron chi connectivity index (χ4n) is 3.45. The van der Waals surface area contributed by atoms with E-state index in [1.807, 2.05) is 18.7 Å². The smallest absolute Gasteiger partial charge is 0.0951 e. The quantitative estimate of drug-likeness (QED) is 0.821. The van der Waals surface area contributed by atoms with E-state index in [1.165, 1.54) is 37.8 Å². The largest absolute Gasteiger partial charge is 0.330 e. The number of hydrogen-bond acceptors (Lipinski definition) is 4. The molecule has 0 aliphatic heterocycles. The van der Waals surface area contributed by atoms with Crippen LogP contribution in [0.15, 0.2) is 31.1 Å². The maximum atomic E-state index is 4.41. The van der Waals surface area contributed by atoms with Crippen LogP contribution in [0.2, 0.25) is 0 Å². The molecule has 0 N–H and O–H groups in total. The molecule has 0 radical (unpaired) electrons. The molecule has 0 bridgehead atoms. The van der Waals surface area contributed by atoms with E-state index in [1.54, 1.807) is 12.4 Å². The number of aromatic nitrogens is 4. The van der Waals surface area contributed by atoms with Gasteiger partial charge in [0.1, 0.15) is 0 Å². The van der Waals surface area contributed by atoms with Gasteiger partial charge in [0.15, 0.2) is 0 Å². The van der Waals surface area contributed by atoms with Crippen molar-refractivity contribution in [2.75, 3.05) is 7.05 Å². The van der Waals surface area contributed by atoms with E-state index in [0.717, 1.165) is 18.7 Å². The molecule has 1 aliphatic carbocycles. The maximum Gasteiger partial charge on any atom is 0.0951 e. The van der Waals surface area contributed by atoms with Crippen molar-refractivity contribution in [3.05, 3.63) is 42.5 Å². The molecule has 0 amide bonds. The van der Waals surface area contributed by atoms with Crippen molar-refractivity contribution in [1.29, 1.82) is 0 Å². The van der Waals surface area contributed by atoms with Gasteiger partial charge in [-0.15, -0.1) is 0 Å². The molecule has 0 saturated heterocycles. The monoisotopic (exact) mass is 313 g/mol. The second-order valence-corrected chi connectivity index (χ2v) is 6.75. The van der Waals surface area contributed by atoms with Crippen LogP contribution < -0.4 is 0 Å². The molecule has 2 aromatic heterocycles. The van der Waals surface area contributed by atoms with Gasteiger partial charge in [-0.3, -0.25) is 14.9 Å². The summed E-state index contributed by atoms with van der Waals surface area (Å²) in [6.07, 6.45) is 17.0. The molecule has 2 aromatic rings. The lowest BCUT2D eigenvalue weighted by Crippen LogP contribution is -2.32. The summed E-state index contributed by atoms with van der Waals surface area (Å²) in [5, 5.41) is 0. The van der Waals surface area contributed by atoms with Gasteiger partial charge in [-0.05, 0) is 26.8 Å². The first-order valence-corrected chi connectivity index (χ1v) is 8.70. The van der Waals surface area contributed by atoms with Gasteiger partial charge in [0.25, 0.3) is 0 Å². The lowest BCUT2D eigenvalue weighted by atomic mass is 9.95. The Morgan fingerprint density at radius 3 is 2.74 bits per heavy atom. The van der Waals surface area contributed by atoms with Crippen LogP contribution in [0.3, 0.4) is 0 Å². The minimum atomic E-state index is 0.418. The lowest BCUT2D eigenvalue weighted by molar-refractivity contribution is 0.234. The first-order valence-electron chi connectivity index (χ1n) is 8.70. The molecule has 124 valence electrons. The maximum absolute atomic E-state index is 4.41. The van der Waals surface area contributed by atoms with Crippen LogP contribution in [-0.2, 0) is 13.0 Å². The van der Waals surface area contributed by atoms with Crippen molar-refractivity contribution in [2.45, 2.75) is 64.1 Å². The van der Waals surface area contributed by atoms with Crippen molar-refractivity contribution in [3.8, 4) is 0 Å². The molecule has 5 heteroatoms. The summed E-state index contributed by atoms with van der Waals surface area (Å²) in [6.45, 7) is 3.17. The lowest BCUT2D eigenvalue weighted by Gasteiger charge is -2.28. The second kappa shape index (κ2) is 7.68. The normalized spacial score (nSPS) is 17.5. The van der Waals surface area contributed by atoms with Crippen molar-refractivity contribution in [2.24, 2.45) is 0 Å². The van der Waals surface area contributed by atoms with E-state index in [-0.39, 0.29) is 0 Å².